The van der Waals surface area contributed by atoms with Gasteiger partial charge < -0.3 is 10.6 Å². The molecule has 0 bridgehead atoms. The number of hydrogen-bond acceptors (Lipinski definition) is 4. The fourth-order valence-electron chi connectivity index (χ4n) is 2.23. The van der Waals surface area contributed by atoms with Crippen molar-refractivity contribution in [2.24, 2.45) is 12.8 Å². The lowest BCUT2D eigenvalue weighted by Gasteiger charge is -2.32. The van der Waals surface area contributed by atoms with Crippen LogP contribution in [0.5, 0.6) is 0 Å². The zero-order valence-corrected chi connectivity index (χ0v) is 10.5. The molecule has 0 saturated carbocycles. The molecule has 1 aromatic rings. The Balaban J connectivity index is 2.36. The van der Waals surface area contributed by atoms with Gasteiger partial charge in [-0.3, -0.25) is 9.36 Å². The highest BCUT2D eigenvalue weighted by Crippen LogP contribution is 2.15. The number of rotatable bonds is 2. The Morgan fingerprint density at radius 3 is 3.00 bits per heavy atom. The van der Waals surface area contributed by atoms with Gasteiger partial charge in [-0.05, 0) is 19.3 Å². The van der Waals surface area contributed by atoms with E-state index in [1.165, 1.54) is 0 Å². The molecule has 1 aliphatic heterocycles. The highest BCUT2D eigenvalue weighted by atomic mass is 16.1. The highest BCUT2D eigenvalue weighted by molar-refractivity contribution is 5.33. The Labute approximate surface area is 101 Å². The van der Waals surface area contributed by atoms with Gasteiger partial charge in [0.05, 0.1) is 0 Å². The van der Waals surface area contributed by atoms with Gasteiger partial charge in [0, 0.05) is 37.9 Å². The van der Waals surface area contributed by atoms with Crippen LogP contribution in [0.2, 0.25) is 0 Å². The van der Waals surface area contributed by atoms with Crippen molar-refractivity contribution in [3.8, 4) is 0 Å². The SMILES string of the molecule is CCc1cc(=O)n(C)c(N2CCC[C@H](N)C2)n1. The van der Waals surface area contributed by atoms with E-state index in [0.29, 0.717) is 0 Å². The Morgan fingerprint density at radius 2 is 2.35 bits per heavy atom. The first-order valence-electron chi connectivity index (χ1n) is 6.19. The van der Waals surface area contributed by atoms with Crippen molar-refractivity contribution < 1.29 is 0 Å². The number of nitrogens with two attached hydrogens (primary N) is 1. The monoisotopic (exact) mass is 236 g/mol. The Hall–Kier alpha value is -1.36. The summed E-state index contributed by atoms with van der Waals surface area (Å²) in [6.07, 6.45) is 2.90. The van der Waals surface area contributed by atoms with Crippen molar-refractivity contribution in [3.05, 3.63) is 22.1 Å². The summed E-state index contributed by atoms with van der Waals surface area (Å²) >= 11 is 0. The molecule has 1 fully saturated rings. The third kappa shape index (κ3) is 2.49. The van der Waals surface area contributed by atoms with Crippen LogP contribution in [0, 0.1) is 0 Å². The third-order valence-corrected chi connectivity index (χ3v) is 3.27. The maximum absolute atomic E-state index is 11.8. The van der Waals surface area contributed by atoms with Gasteiger partial charge >= 0.3 is 0 Å². The highest BCUT2D eigenvalue weighted by Gasteiger charge is 2.20. The molecule has 5 nitrogen and oxygen atoms in total. The fraction of sp³-hybridized carbons (Fsp3) is 0.667. The maximum Gasteiger partial charge on any atom is 0.254 e. The van der Waals surface area contributed by atoms with Crippen LogP contribution >= 0.6 is 0 Å². The third-order valence-electron chi connectivity index (χ3n) is 3.27. The van der Waals surface area contributed by atoms with Gasteiger partial charge in [0.25, 0.3) is 5.56 Å². The van der Waals surface area contributed by atoms with Gasteiger partial charge in [-0.25, -0.2) is 4.98 Å². The van der Waals surface area contributed by atoms with Gasteiger partial charge in [0.1, 0.15) is 0 Å². The second-order valence-electron chi connectivity index (χ2n) is 4.65. The normalized spacial score (nSPS) is 20.6. The molecular weight excluding hydrogens is 216 g/mol. The first kappa shape index (κ1) is 12.1. The van der Waals surface area contributed by atoms with Crippen LogP contribution in [0.25, 0.3) is 0 Å². The van der Waals surface area contributed by atoms with E-state index in [0.717, 1.165) is 44.0 Å². The van der Waals surface area contributed by atoms with E-state index in [9.17, 15) is 4.79 Å². The molecule has 0 spiro atoms. The largest absolute Gasteiger partial charge is 0.341 e. The van der Waals surface area contributed by atoms with E-state index in [-0.39, 0.29) is 11.6 Å². The van der Waals surface area contributed by atoms with Gasteiger partial charge in [0.15, 0.2) is 0 Å². The van der Waals surface area contributed by atoms with Crippen LogP contribution in [-0.2, 0) is 13.5 Å². The minimum atomic E-state index is 0.00555. The quantitative estimate of drug-likeness (QED) is 0.800. The molecule has 0 radical (unpaired) electrons. The molecule has 2 N–H and O–H groups in total. The van der Waals surface area contributed by atoms with Crippen molar-refractivity contribution in [3.63, 3.8) is 0 Å². The summed E-state index contributed by atoms with van der Waals surface area (Å²) in [5.74, 6) is 0.754. The van der Waals surface area contributed by atoms with Crippen molar-refractivity contribution in [1.82, 2.24) is 9.55 Å². The second kappa shape index (κ2) is 4.87. The summed E-state index contributed by atoms with van der Waals surface area (Å²) in [5.41, 5.74) is 6.82. The molecule has 0 aliphatic carbocycles. The van der Waals surface area contributed by atoms with Crippen molar-refractivity contribution in [2.45, 2.75) is 32.2 Å². The predicted molar refractivity (Wildman–Crippen MR) is 68.3 cm³/mol. The molecule has 1 saturated heterocycles. The average Bonchev–Trinajstić information content (AvgIpc) is 2.32. The number of anilines is 1. The Morgan fingerprint density at radius 1 is 1.59 bits per heavy atom. The zero-order valence-electron chi connectivity index (χ0n) is 10.5. The Kier molecular flexibility index (Phi) is 3.47. The van der Waals surface area contributed by atoms with Gasteiger partial charge in [0.2, 0.25) is 5.95 Å². The summed E-state index contributed by atoms with van der Waals surface area (Å²) in [4.78, 5) is 18.5. The standard InChI is InChI=1S/C12H20N4O/c1-3-10-7-11(17)15(2)12(14-10)16-6-4-5-9(13)8-16/h7,9H,3-6,8,13H2,1-2H3/t9-/m0/s1. The molecule has 17 heavy (non-hydrogen) atoms. The molecular formula is C12H20N4O. The van der Waals surface area contributed by atoms with Crippen LogP contribution < -0.4 is 16.2 Å². The van der Waals surface area contributed by atoms with Crippen LogP contribution in [0.4, 0.5) is 5.95 Å². The molecule has 0 unspecified atom stereocenters. The lowest BCUT2D eigenvalue weighted by Crippen LogP contribution is -2.45. The van der Waals surface area contributed by atoms with Gasteiger partial charge in [-0.1, -0.05) is 6.92 Å². The maximum atomic E-state index is 11.8. The van der Waals surface area contributed by atoms with Gasteiger partial charge in [-0.15, -0.1) is 0 Å². The first-order chi connectivity index (χ1) is 8.11. The minimum Gasteiger partial charge on any atom is -0.341 e. The van der Waals surface area contributed by atoms with Crippen LogP contribution in [0.3, 0.4) is 0 Å². The Bertz CT molecular complexity index is 454. The topological polar surface area (TPSA) is 64.2 Å². The lowest BCUT2D eigenvalue weighted by molar-refractivity contribution is 0.492. The van der Waals surface area contributed by atoms with E-state index in [2.05, 4.69) is 9.88 Å². The van der Waals surface area contributed by atoms with E-state index in [1.54, 1.807) is 17.7 Å². The molecule has 1 aromatic heterocycles. The zero-order chi connectivity index (χ0) is 12.4. The number of aryl methyl sites for hydroxylation is 1. The molecule has 2 heterocycles. The summed E-state index contributed by atoms with van der Waals surface area (Å²) in [6, 6.07) is 1.79. The summed E-state index contributed by atoms with van der Waals surface area (Å²) in [6.45, 7) is 3.72. The van der Waals surface area contributed by atoms with E-state index >= 15 is 0 Å². The number of hydrogen-bond donors (Lipinski definition) is 1. The predicted octanol–water partition coefficient (Wildman–Crippen LogP) is 0.270. The molecule has 5 heteroatoms. The molecule has 94 valence electrons. The smallest absolute Gasteiger partial charge is 0.254 e. The van der Waals surface area contributed by atoms with Gasteiger partial charge in [-0.2, -0.15) is 0 Å². The molecule has 1 atom stereocenters. The van der Waals surface area contributed by atoms with E-state index < -0.39 is 0 Å². The van der Waals surface area contributed by atoms with Crippen LogP contribution in [0.1, 0.15) is 25.5 Å². The van der Waals surface area contributed by atoms with Crippen LogP contribution in [0.15, 0.2) is 10.9 Å². The molecule has 2 rings (SSSR count). The number of piperidine rings is 1. The average molecular weight is 236 g/mol. The molecule has 1 aliphatic rings. The second-order valence-corrected chi connectivity index (χ2v) is 4.65. The fourth-order valence-corrected chi connectivity index (χ4v) is 2.23. The summed E-state index contributed by atoms with van der Waals surface area (Å²) in [5, 5.41) is 0. The molecule has 0 amide bonds. The van der Waals surface area contributed by atoms with E-state index in [4.69, 9.17) is 5.73 Å². The van der Waals surface area contributed by atoms with Crippen molar-refractivity contribution >= 4 is 5.95 Å². The first-order valence-corrected chi connectivity index (χ1v) is 6.19. The van der Waals surface area contributed by atoms with Crippen molar-refractivity contribution in [2.75, 3.05) is 18.0 Å². The minimum absolute atomic E-state index is 0.00555. The number of nitrogens with zero attached hydrogens (tertiary/aromatic N) is 3. The van der Waals surface area contributed by atoms with E-state index in [1.807, 2.05) is 6.92 Å². The molecule has 0 aromatic carbocycles. The summed E-state index contributed by atoms with van der Waals surface area (Å²) in [7, 11) is 1.77. The lowest BCUT2D eigenvalue weighted by atomic mass is 10.1. The summed E-state index contributed by atoms with van der Waals surface area (Å²) < 4.78 is 1.61. The van der Waals surface area contributed by atoms with Crippen LogP contribution in [-0.4, -0.2) is 28.7 Å². The number of aromatic nitrogens is 2. The van der Waals surface area contributed by atoms with Crippen molar-refractivity contribution in [1.29, 1.82) is 0 Å².